The molecular formula is C16H13BrN2. The Balaban J connectivity index is 2.30. The molecule has 0 saturated heterocycles. The molecule has 19 heavy (non-hydrogen) atoms. The summed E-state index contributed by atoms with van der Waals surface area (Å²) in [7, 11) is 0. The topological polar surface area (TPSA) is 25.8 Å². The minimum atomic E-state index is 0.201. The number of aromatic nitrogens is 2. The van der Waals surface area contributed by atoms with E-state index in [-0.39, 0.29) is 4.83 Å². The predicted molar refractivity (Wildman–Crippen MR) is 82.3 cm³/mol. The Kier molecular flexibility index (Phi) is 3.30. The van der Waals surface area contributed by atoms with Crippen molar-refractivity contribution in [1.82, 2.24) is 9.97 Å². The Morgan fingerprint density at radius 3 is 2.53 bits per heavy atom. The van der Waals surface area contributed by atoms with Crippen molar-refractivity contribution >= 4 is 27.0 Å². The molecule has 0 bridgehead atoms. The van der Waals surface area contributed by atoms with Crippen molar-refractivity contribution in [3.63, 3.8) is 0 Å². The van der Waals surface area contributed by atoms with Crippen LogP contribution in [-0.4, -0.2) is 9.97 Å². The Morgan fingerprint density at radius 1 is 1.00 bits per heavy atom. The second-order valence-corrected chi connectivity index (χ2v) is 5.82. The summed E-state index contributed by atoms with van der Waals surface area (Å²) in [6.45, 7) is 2.09. The molecule has 3 heteroatoms. The first-order valence-corrected chi connectivity index (χ1v) is 7.12. The molecule has 3 rings (SSSR count). The summed E-state index contributed by atoms with van der Waals surface area (Å²) in [5, 5.41) is 0. The van der Waals surface area contributed by atoms with E-state index in [4.69, 9.17) is 4.98 Å². The molecule has 0 unspecified atom stereocenters. The van der Waals surface area contributed by atoms with Crippen LogP contribution in [0.25, 0.3) is 22.2 Å². The van der Waals surface area contributed by atoms with Gasteiger partial charge in [-0.1, -0.05) is 46.3 Å². The molecule has 0 aliphatic rings. The van der Waals surface area contributed by atoms with Crippen LogP contribution in [0.2, 0.25) is 0 Å². The minimum Gasteiger partial charge on any atom is -0.255 e. The Hall–Kier alpha value is -1.74. The largest absolute Gasteiger partial charge is 0.255 e. The van der Waals surface area contributed by atoms with Gasteiger partial charge in [-0.3, -0.25) is 4.98 Å². The normalized spacial score (nSPS) is 12.5. The average molecular weight is 313 g/mol. The lowest BCUT2D eigenvalue weighted by atomic mass is 10.0. The Bertz CT molecular complexity index is 708. The zero-order valence-corrected chi connectivity index (χ0v) is 12.1. The predicted octanol–water partition coefficient (Wildman–Crippen LogP) is 4.75. The van der Waals surface area contributed by atoms with Crippen LogP contribution in [0.3, 0.4) is 0 Å². The second-order valence-electron chi connectivity index (χ2n) is 4.44. The van der Waals surface area contributed by atoms with Crippen molar-refractivity contribution in [3.05, 3.63) is 60.4 Å². The maximum Gasteiger partial charge on any atom is 0.0893 e. The number of halogens is 1. The van der Waals surface area contributed by atoms with Crippen LogP contribution in [0.4, 0.5) is 0 Å². The number of fused-ring (bicyclic) bond motifs is 1. The summed E-state index contributed by atoms with van der Waals surface area (Å²) < 4.78 is 0. The number of pyridine rings is 2. The van der Waals surface area contributed by atoms with Crippen LogP contribution < -0.4 is 0 Å². The van der Waals surface area contributed by atoms with E-state index >= 15 is 0 Å². The number of benzene rings is 1. The van der Waals surface area contributed by atoms with Gasteiger partial charge in [0.25, 0.3) is 0 Å². The van der Waals surface area contributed by atoms with Crippen molar-refractivity contribution in [2.45, 2.75) is 11.8 Å². The third-order valence-electron chi connectivity index (χ3n) is 3.08. The van der Waals surface area contributed by atoms with Gasteiger partial charge in [-0.05, 0) is 30.7 Å². The van der Waals surface area contributed by atoms with E-state index in [0.29, 0.717) is 0 Å². The smallest absolute Gasteiger partial charge is 0.0893 e. The van der Waals surface area contributed by atoms with Gasteiger partial charge in [0.1, 0.15) is 0 Å². The van der Waals surface area contributed by atoms with E-state index in [1.807, 2.05) is 30.3 Å². The zero-order chi connectivity index (χ0) is 13.2. The molecule has 2 aromatic heterocycles. The summed E-state index contributed by atoms with van der Waals surface area (Å²) in [6.07, 6.45) is 1.80. The van der Waals surface area contributed by atoms with Crippen LogP contribution in [0.15, 0.2) is 54.7 Å². The molecule has 1 aromatic carbocycles. The third kappa shape index (κ3) is 2.38. The van der Waals surface area contributed by atoms with E-state index in [9.17, 15) is 0 Å². The lowest BCUT2D eigenvalue weighted by molar-refractivity contribution is 1.05. The Labute approximate surface area is 120 Å². The van der Waals surface area contributed by atoms with E-state index in [1.165, 1.54) is 5.56 Å². The fourth-order valence-corrected chi connectivity index (χ4v) is 2.52. The van der Waals surface area contributed by atoms with Gasteiger partial charge in [0.05, 0.1) is 21.6 Å². The van der Waals surface area contributed by atoms with Crippen LogP contribution in [-0.2, 0) is 0 Å². The molecule has 0 aliphatic carbocycles. The number of hydrogen-bond donors (Lipinski definition) is 0. The maximum atomic E-state index is 4.74. The van der Waals surface area contributed by atoms with Crippen LogP contribution in [0, 0.1) is 0 Å². The molecule has 2 heterocycles. The van der Waals surface area contributed by atoms with E-state index < -0.39 is 0 Å². The SMILES string of the molecule is C[C@H](Br)c1nc2cccnc2cc1-c1ccccc1. The molecule has 0 N–H and O–H groups in total. The van der Waals surface area contributed by atoms with Crippen molar-refractivity contribution < 1.29 is 0 Å². The maximum absolute atomic E-state index is 4.74. The highest BCUT2D eigenvalue weighted by molar-refractivity contribution is 9.09. The number of alkyl halides is 1. The van der Waals surface area contributed by atoms with E-state index in [2.05, 4.69) is 46.0 Å². The first-order valence-electron chi connectivity index (χ1n) is 6.21. The highest BCUT2D eigenvalue weighted by atomic mass is 79.9. The molecule has 3 aromatic rings. The Morgan fingerprint density at radius 2 is 1.79 bits per heavy atom. The molecule has 0 radical (unpaired) electrons. The highest BCUT2D eigenvalue weighted by Crippen LogP contribution is 2.32. The first kappa shape index (κ1) is 12.3. The molecule has 2 nitrogen and oxygen atoms in total. The quantitative estimate of drug-likeness (QED) is 0.638. The van der Waals surface area contributed by atoms with Gasteiger partial charge < -0.3 is 0 Å². The van der Waals surface area contributed by atoms with Gasteiger partial charge >= 0.3 is 0 Å². The second kappa shape index (κ2) is 5.10. The number of rotatable bonds is 2. The fraction of sp³-hybridized carbons (Fsp3) is 0.125. The molecule has 0 saturated carbocycles. The van der Waals surface area contributed by atoms with Crippen LogP contribution in [0.5, 0.6) is 0 Å². The molecule has 0 fully saturated rings. The lowest BCUT2D eigenvalue weighted by Gasteiger charge is -2.12. The summed E-state index contributed by atoms with van der Waals surface area (Å²) in [6, 6.07) is 16.3. The van der Waals surface area contributed by atoms with Crippen molar-refractivity contribution in [2.24, 2.45) is 0 Å². The lowest BCUT2D eigenvalue weighted by Crippen LogP contribution is -1.96. The third-order valence-corrected chi connectivity index (χ3v) is 3.51. The molecule has 1 atom stereocenters. The van der Waals surface area contributed by atoms with Crippen molar-refractivity contribution in [2.75, 3.05) is 0 Å². The standard InChI is InChI=1S/C16H13BrN2/c1-11(17)16-13(12-6-3-2-4-7-12)10-15-14(19-16)8-5-9-18-15/h2-11H,1H3/t11-/m0/s1. The molecule has 94 valence electrons. The van der Waals surface area contributed by atoms with Gasteiger partial charge in [-0.15, -0.1) is 0 Å². The summed E-state index contributed by atoms with van der Waals surface area (Å²) in [4.78, 5) is 9.33. The summed E-state index contributed by atoms with van der Waals surface area (Å²) >= 11 is 3.63. The van der Waals surface area contributed by atoms with Gasteiger partial charge in [-0.25, -0.2) is 4.98 Å². The van der Waals surface area contributed by atoms with Crippen molar-refractivity contribution in [1.29, 1.82) is 0 Å². The molecular weight excluding hydrogens is 300 g/mol. The van der Waals surface area contributed by atoms with Gasteiger partial charge in [0.15, 0.2) is 0 Å². The molecule has 0 amide bonds. The highest BCUT2D eigenvalue weighted by Gasteiger charge is 2.13. The first-order chi connectivity index (χ1) is 9.25. The van der Waals surface area contributed by atoms with Gasteiger partial charge in [0.2, 0.25) is 0 Å². The van der Waals surface area contributed by atoms with Crippen molar-refractivity contribution in [3.8, 4) is 11.1 Å². The minimum absolute atomic E-state index is 0.201. The summed E-state index contributed by atoms with van der Waals surface area (Å²) in [5.41, 5.74) is 5.22. The van der Waals surface area contributed by atoms with E-state index in [1.54, 1.807) is 6.20 Å². The number of hydrogen-bond acceptors (Lipinski definition) is 2. The van der Waals surface area contributed by atoms with E-state index in [0.717, 1.165) is 22.3 Å². The van der Waals surface area contributed by atoms with Gasteiger partial charge in [-0.2, -0.15) is 0 Å². The average Bonchev–Trinajstić information content (AvgIpc) is 2.46. The van der Waals surface area contributed by atoms with Crippen LogP contribution >= 0.6 is 15.9 Å². The summed E-state index contributed by atoms with van der Waals surface area (Å²) in [5.74, 6) is 0. The monoisotopic (exact) mass is 312 g/mol. The van der Waals surface area contributed by atoms with Crippen LogP contribution in [0.1, 0.15) is 17.4 Å². The molecule has 0 aliphatic heterocycles. The molecule has 0 spiro atoms. The fourth-order valence-electron chi connectivity index (χ4n) is 2.17. The zero-order valence-electron chi connectivity index (χ0n) is 10.5. The van der Waals surface area contributed by atoms with Gasteiger partial charge in [0, 0.05) is 11.8 Å². The number of nitrogens with zero attached hydrogens (tertiary/aromatic N) is 2.